The molecular weight excluding hydrogens is 458 g/mol. The molecule has 36 heavy (non-hydrogen) atoms. The summed E-state index contributed by atoms with van der Waals surface area (Å²) in [6, 6.07) is 14.9. The van der Waals surface area contributed by atoms with Crippen LogP contribution in [-0.2, 0) is 16.2 Å². The van der Waals surface area contributed by atoms with Crippen LogP contribution in [0.2, 0.25) is 0 Å². The van der Waals surface area contributed by atoms with Crippen LogP contribution in [0, 0.1) is 0 Å². The summed E-state index contributed by atoms with van der Waals surface area (Å²) in [6.07, 6.45) is 1.79. The molecule has 3 aromatic rings. The summed E-state index contributed by atoms with van der Waals surface area (Å²) >= 11 is 0. The van der Waals surface area contributed by atoms with Crippen LogP contribution in [0.15, 0.2) is 54.7 Å². The number of amides is 1. The topological polar surface area (TPSA) is 101 Å². The highest BCUT2D eigenvalue weighted by molar-refractivity contribution is 5.90. The Hall–Kier alpha value is -3.40. The quantitative estimate of drug-likeness (QED) is 0.376. The third-order valence-electron chi connectivity index (χ3n) is 6.48. The second kappa shape index (κ2) is 12.0. The molecule has 0 saturated carbocycles. The van der Waals surface area contributed by atoms with Gasteiger partial charge in [-0.15, -0.1) is 0 Å². The summed E-state index contributed by atoms with van der Waals surface area (Å²) in [4.78, 5) is 33.9. The van der Waals surface area contributed by atoms with Gasteiger partial charge >= 0.3 is 5.97 Å². The Balaban J connectivity index is 1.37. The van der Waals surface area contributed by atoms with Crippen molar-refractivity contribution in [3.05, 3.63) is 65.9 Å². The zero-order valence-corrected chi connectivity index (χ0v) is 20.9. The van der Waals surface area contributed by atoms with Gasteiger partial charge in [0, 0.05) is 68.0 Å². The maximum atomic E-state index is 12.3. The van der Waals surface area contributed by atoms with Crippen molar-refractivity contribution in [3.8, 4) is 5.75 Å². The molecule has 4 rings (SSSR count). The number of benzene rings is 2. The lowest BCUT2D eigenvalue weighted by molar-refractivity contribution is -0.144. The number of aliphatic carboxylic acids is 1. The molecule has 2 aromatic carbocycles. The summed E-state index contributed by atoms with van der Waals surface area (Å²) in [5.41, 5.74) is 2.66. The average Bonchev–Trinajstić information content (AvgIpc) is 3.27. The lowest BCUT2D eigenvalue weighted by Gasteiger charge is -2.37. The van der Waals surface area contributed by atoms with Crippen molar-refractivity contribution in [2.75, 3.05) is 59.9 Å². The highest BCUT2D eigenvalue weighted by atomic mass is 16.5. The van der Waals surface area contributed by atoms with Crippen LogP contribution in [0.4, 0.5) is 0 Å². The van der Waals surface area contributed by atoms with Crippen LogP contribution < -0.4 is 10.1 Å². The standard InChI is InChI=1S/C27H35N5O4/c1-30(2)11-10-28-25(33)18-31-12-14-32(15-13-31)26(27(34)35)23-17-29-24-16-21(8-9-22(23)24)36-19-20-6-4-3-5-7-20/h3-9,16-17,26,29H,10-15,18-19H2,1-2H3,(H,28,33)(H,34,35)/t26-/m1/s1. The molecule has 1 fully saturated rings. The van der Waals surface area contributed by atoms with E-state index >= 15 is 0 Å². The molecule has 0 spiro atoms. The number of carboxylic acid groups (broad SMARTS) is 1. The SMILES string of the molecule is CN(C)CCNC(=O)CN1CCN([C@@H](C(=O)O)c2c[nH]c3cc(OCc4ccccc4)ccc23)CC1. The molecule has 2 heterocycles. The number of aromatic amines is 1. The number of hydrogen-bond acceptors (Lipinski definition) is 6. The number of likely N-dealkylation sites (N-methyl/N-ethyl adjacent to an activating group) is 1. The molecule has 1 saturated heterocycles. The number of carbonyl (C=O) groups excluding carboxylic acids is 1. The third-order valence-corrected chi connectivity index (χ3v) is 6.48. The minimum absolute atomic E-state index is 0.00185. The second-order valence-corrected chi connectivity index (χ2v) is 9.43. The van der Waals surface area contributed by atoms with Gasteiger partial charge in [-0.3, -0.25) is 19.4 Å². The van der Waals surface area contributed by atoms with Gasteiger partial charge in [-0.1, -0.05) is 30.3 Å². The van der Waals surface area contributed by atoms with E-state index in [4.69, 9.17) is 4.74 Å². The van der Waals surface area contributed by atoms with Crippen molar-refractivity contribution >= 4 is 22.8 Å². The van der Waals surface area contributed by atoms with Gasteiger partial charge in [0.1, 0.15) is 18.4 Å². The predicted molar refractivity (Wildman–Crippen MR) is 139 cm³/mol. The van der Waals surface area contributed by atoms with Crippen molar-refractivity contribution in [1.29, 1.82) is 0 Å². The summed E-state index contributed by atoms with van der Waals surface area (Å²) in [5, 5.41) is 13.9. The molecule has 9 heteroatoms. The summed E-state index contributed by atoms with van der Waals surface area (Å²) in [7, 11) is 3.94. The molecule has 9 nitrogen and oxygen atoms in total. The average molecular weight is 494 g/mol. The second-order valence-electron chi connectivity index (χ2n) is 9.43. The smallest absolute Gasteiger partial charge is 0.325 e. The van der Waals surface area contributed by atoms with Gasteiger partial charge in [0.05, 0.1) is 6.54 Å². The number of nitrogens with zero attached hydrogens (tertiary/aromatic N) is 3. The van der Waals surface area contributed by atoms with Crippen LogP contribution in [0.1, 0.15) is 17.2 Å². The molecule has 1 atom stereocenters. The number of carbonyl (C=O) groups is 2. The molecule has 0 radical (unpaired) electrons. The van der Waals surface area contributed by atoms with Gasteiger partial charge in [0.15, 0.2) is 0 Å². The van der Waals surface area contributed by atoms with Crippen molar-refractivity contribution in [2.45, 2.75) is 12.6 Å². The summed E-state index contributed by atoms with van der Waals surface area (Å²) in [5.74, 6) is -0.152. The zero-order chi connectivity index (χ0) is 25.5. The maximum Gasteiger partial charge on any atom is 0.325 e. The van der Waals surface area contributed by atoms with Crippen molar-refractivity contribution < 1.29 is 19.4 Å². The van der Waals surface area contributed by atoms with Crippen molar-refractivity contribution in [2.24, 2.45) is 0 Å². The molecule has 0 aliphatic carbocycles. The fraction of sp³-hybridized carbons (Fsp3) is 0.407. The van der Waals surface area contributed by atoms with Crippen molar-refractivity contribution in [3.63, 3.8) is 0 Å². The Kier molecular flexibility index (Phi) is 8.58. The fourth-order valence-corrected chi connectivity index (χ4v) is 4.53. The van der Waals surface area contributed by atoms with Gasteiger partial charge in [0.2, 0.25) is 5.91 Å². The van der Waals surface area contributed by atoms with Crippen LogP contribution >= 0.6 is 0 Å². The van der Waals surface area contributed by atoms with Crippen LogP contribution in [0.3, 0.4) is 0 Å². The first-order valence-electron chi connectivity index (χ1n) is 12.3. The lowest BCUT2D eigenvalue weighted by atomic mass is 10.0. The molecule has 3 N–H and O–H groups in total. The molecule has 192 valence electrons. The Morgan fingerprint density at radius 2 is 1.86 bits per heavy atom. The number of rotatable bonds is 11. The van der Waals surface area contributed by atoms with E-state index in [2.05, 4.69) is 15.2 Å². The first-order valence-corrected chi connectivity index (χ1v) is 12.3. The minimum atomic E-state index is -0.879. The highest BCUT2D eigenvalue weighted by Gasteiger charge is 2.32. The van der Waals surface area contributed by atoms with E-state index in [1.807, 2.05) is 72.4 Å². The number of H-pyrrole nitrogens is 1. The number of hydrogen-bond donors (Lipinski definition) is 3. The van der Waals surface area contributed by atoms with E-state index in [9.17, 15) is 14.7 Å². The first-order chi connectivity index (χ1) is 17.4. The maximum absolute atomic E-state index is 12.3. The molecule has 1 amide bonds. The number of ether oxygens (including phenoxy) is 1. The fourth-order valence-electron chi connectivity index (χ4n) is 4.53. The zero-order valence-electron chi connectivity index (χ0n) is 20.9. The summed E-state index contributed by atoms with van der Waals surface area (Å²) < 4.78 is 5.93. The monoisotopic (exact) mass is 493 g/mol. The van der Waals surface area contributed by atoms with Gasteiger partial charge < -0.3 is 25.0 Å². The van der Waals surface area contributed by atoms with Crippen LogP contribution in [0.5, 0.6) is 5.75 Å². The largest absolute Gasteiger partial charge is 0.489 e. The Bertz CT molecular complexity index is 1160. The Morgan fingerprint density at radius 1 is 1.11 bits per heavy atom. The molecule has 0 unspecified atom stereocenters. The minimum Gasteiger partial charge on any atom is -0.489 e. The predicted octanol–water partition coefficient (Wildman–Crippen LogP) is 2.17. The number of fused-ring (bicyclic) bond motifs is 1. The number of nitrogens with one attached hydrogen (secondary N) is 2. The van der Waals surface area contributed by atoms with Gasteiger partial charge in [-0.2, -0.15) is 0 Å². The molecule has 1 aromatic heterocycles. The van der Waals surface area contributed by atoms with Gasteiger partial charge in [-0.25, -0.2) is 0 Å². The summed E-state index contributed by atoms with van der Waals surface area (Å²) in [6.45, 7) is 4.65. The van der Waals surface area contributed by atoms with E-state index in [0.717, 1.165) is 34.3 Å². The van der Waals surface area contributed by atoms with Gasteiger partial charge in [-0.05, 0) is 31.8 Å². The molecule has 0 bridgehead atoms. The molecule has 1 aliphatic rings. The Labute approximate surface area is 211 Å². The van der Waals surface area contributed by atoms with Crippen LogP contribution in [0.25, 0.3) is 10.9 Å². The van der Waals surface area contributed by atoms with E-state index in [0.29, 0.717) is 45.9 Å². The lowest BCUT2D eigenvalue weighted by Crippen LogP contribution is -2.51. The van der Waals surface area contributed by atoms with E-state index in [1.165, 1.54) is 0 Å². The van der Waals surface area contributed by atoms with Crippen molar-refractivity contribution in [1.82, 2.24) is 25.0 Å². The highest BCUT2D eigenvalue weighted by Crippen LogP contribution is 2.31. The number of piperazine rings is 1. The normalized spacial score (nSPS) is 15.8. The first kappa shape index (κ1) is 25.7. The van der Waals surface area contributed by atoms with Crippen LogP contribution in [-0.4, -0.2) is 96.6 Å². The van der Waals surface area contributed by atoms with Gasteiger partial charge in [0.25, 0.3) is 0 Å². The Morgan fingerprint density at radius 3 is 2.56 bits per heavy atom. The number of carboxylic acids is 1. The van der Waals surface area contributed by atoms with E-state index < -0.39 is 12.0 Å². The molecule has 1 aliphatic heterocycles. The van der Waals surface area contributed by atoms with E-state index in [1.54, 1.807) is 6.20 Å². The van der Waals surface area contributed by atoms with E-state index in [-0.39, 0.29) is 5.91 Å². The third kappa shape index (κ3) is 6.63. The molecular formula is C27H35N5O4. The number of aromatic nitrogens is 1.